The first-order valence-corrected chi connectivity index (χ1v) is 10.9. The van der Waals surface area contributed by atoms with E-state index in [4.69, 9.17) is 12.2 Å². The number of nitrogens with one attached hydrogen (secondary N) is 1. The Bertz CT molecular complexity index is 1280. The van der Waals surface area contributed by atoms with E-state index in [1.54, 1.807) is 24.5 Å². The van der Waals surface area contributed by atoms with Crippen molar-refractivity contribution in [2.24, 2.45) is 0 Å². The van der Waals surface area contributed by atoms with E-state index in [2.05, 4.69) is 30.8 Å². The molecule has 1 aromatic carbocycles. The normalized spacial score (nSPS) is 17.7. The molecule has 0 radical (unpaired) electrons. The quantitative estimate of drug-likeness (QED) is 0.423. The molecule has 0 aliphatic carbocycles. The summed E-state index contributed by atoms with van der Waals surface area (Å²) in [5, 5.41) is 13.4. The summed E-state index contributed by atoms with van der Waals surface area (Å²) in [6.07, 6.45) is 7.36. The molecule has 0 saturated carbocycles. The van der Waals surface area contributed by atoms with Gasteiger partial charge in [-0.05, 0) is 72.4 Å². The summed E-state index contributed by atoms with van der Waals surface area (Å²) in [7, 11) is 0. The molecule has 0 spiro atoms. The second kappa shape index (κ2) is 8.84. The molecule has 4 heterocycles. The van der Waals surface area contributed by atoms with Gasteiger partial charge in [-0.1, -0.05) is 12.1 Å². The standard InChI is InChI=1S/C25H21N5O2S/c31-24(32)18-8-10-19(11-9-18)29-14-4-7-21(29)23-22(20-6-1-2-13-27-20)28-25(33)30(23)16-17-5-3-12-26-15-17/h1-15,22-23H,16H2,(H,28,33)(H,31,32). The molecule has 0 amide bonds. The van der Waals surface area contributed by atoms with Gasteiger partial charge in [0.05, 0.1) is 23.3 Å². The molecule has 0 bridgehead atoms. The highest BCUT2D eigenvalue weighted by molar-refractivity contribution is 7.80. The Morgan fingerprint density at radius 3 is 2.58 bits per heavy atom. The Kier molecular flexibility index (Phi) is 5.58. The average molecular weight is 456 g/mol. The zero-order chi connectivity index (χ0) is 22.8. The number of nitrogens with zero attached hydrogens (tertiary/aromatic N) is 4. The SMILES string of the molecule is O=C(O)c1ccc(-n2cccc2C2C(c3ccccn3)NC(=S)N2Cc2cccnc2)cc1. The Morgan fingerprint density at radius 1 is 1.03 bits per heavy atom. The van der Waals surface area contributed by atoms with Crippen molar-refractivity contribution in [1.29, 1.82) is 0 Å². The van der Waals surface area contributed by atoms with Crippen LogP contribution in [0.2, 0.25) is 0 Å². The summed E-state index contributed by atoms with van der Waals surface area (Å²) < 4.78 is 2.07. The van der Waals surface area contributed by atoms with Gasteiger partial charge < -0.3 is 19.9 Å². The van der Waals surface area contributed by atoms with Crippen LogP contribution in [0.1, 0.15) is 39.4 Å². The molecule has 1 fully saturated rings. The molecule has 1 aliphatic rings. The fraction of sp³-hybridized carbons (Fsp3) is 0.120. The van der Waals surface area contributed by atoms with Crippen LogP contribution in [-0.4, -0.2) is 35.6 Å². The van der Waals surface area contributed by atoms with Crippen molar-refractivity contribution in [3.05, 3.63) is 114 Å². The van der Waals surface area contributed by atoms with E-state index in [1.165, 1.54) is 0 Å². The van der Waals surface area contributed by atoms with Crippen LogP contribution in [0, 0.1) is 0 Å². The number of aromatic nitrogens is 3. The average Bonchev–Trinajstić information content (AvgIpc) is 3.45. The number of hydrogen-bond donors (Lipinski definition) is 2. The highest BCUT2D eigenvalue weighted by Crippen LogP contribution is 2.40. The van der Waals surface area contributed by atoms with E-state index in [-0.39, 0.29) is 17.6 Å². The summed E-state index contributed by atoms with van der Waals surface area (Å²) in [4.78, 5) is 22.3. The number of thiocarbonyl (C=S) groups is 1. The molecule has 1 aliphatic heterocycles. The molecule has 7 nitrogen and oxygen atoms in total. The third kappa shape index (κ3) is 4.08. The number of benzene rings is 1. The molecule has 33 heavy (non-hydrogen) atoms. The van der Waals surface area contributed by atoms with Gasteiger partial charge in [-0.2, -0.15) is 0 Å². The van der Waals surface area contributed by atoms with E-state index in [1.807, 2.05) is 60.9 Å². The molecular formula is C25H21N5O2S. The molecule has 2 atom stereocenters. The number of carboxylic acid groups (broad SMARTS) is 1. The van der Waals surface area contributed by atoms with Crippen LogP contribution < -0.4 is 5.32 Å². The molecule has 4 aromatic rings. The van der Waals surface area contributed by atoms with Crippen molar-refractivity contribution in [2.45, 2.75) is 18.6 Å². The highest BCUT2D eigenvalue weighted by Gasteiger charge is 2.41. The van der Waals surface area contributed by atoms with Crippen molar-refractivity contribution < 1.29 is 9.90 Å². The van der Waals surface area contributed by atoms with Crippen LogP contribution in [0.4, 0.5) is 0 Å². The number of carbonyl (C=O) groups is 1. The maximum Gasteiger partial charge on any atom is 0.335 e. The van der Waals surface area contributed by atoms with Crippen LogP contribution in [0.5, 0.6) is 0 Å². The molecular weight excluding hydrogens is 434 g/mol. The van der Waals surface area contributed by atoms with E-state index >= 15 is 0 Å². The van der Waals surface area contributed by atoms with E-state index in [0.717, 1.165) is 22.6 Å². The number of aromatic carboxylic acids is 1. The van der Waals surface area contributed by atoms with Crippen molar-refractivity contribution in [3.63, 3.8) is 0 Å². The van der Waals surface area contributed by atoms with Crippen molar-refractivity contribution in [1.82, 2.24) is 24.8 Å². The zero-order valence-corrected chi connectivity index (χ0v) is 18.4. The first kappa shape index (κ1) is 20.8. The maximum absolute atomic E-state index is 11.3. The predicted octanol–water partition coefficient (Wildman–Crippen LogP) is 4.14. The zero-order valence-electron chi connectivity index (χ0n) is 17.6. The van der Waals surface area contributed by atoms with Crippen LogP contribution in [0.15, 0.2) is 91.5 Å². The van der Waals surface area contributed by atoms with Gasteiger partial charge in [-0.15, -0.1) is 0 Å². The first-order valence-electron chi connectivity index (χ1n) is 10.5. The Labute approximate surface area is 196 Å². The summed E-state index contributed by atoms with van der Waals surface area (Å²) in [6, 6.07) is 20.4. The van der Waals surface area contributed by atoms with E-state index < -0.39 is 5.97 Å². The molecule has 5 rings (SSSR count). The third-order valence-corrected chi connectivity index (χ3v) is 6.10. The minimum atomic E-state index is -0.947. The van der Waals surface area contributed by atoms with Crippen molar-refractivity contribution in [2.75, 3.05) is 0 Å². The van der Waals surface area contributed by atoms with Crippen LogP contribution in [0.25, 0.3) is 5.69 Å². The van der Waals surface area contributed by atoms with Gasteiger partial charge in [0.15, 0.2) is 5.11 Å². The van der Waals surface area contributed by atoms with Crippen molar-refractivity contribution in [3.8, 4) is 5.69 Å². The number of pyridine rings is 2. The van der Waals surface area contributed by atoms with Crippen LogP contribution >= 0.6 is 12.2 Å². The molecule has 164 valence electrons. The second-order valence-corrected chi connectivity index (χ2v) is 8.16. The maximum atomic E-state index is 11.3. The van der Waals surface area contributed by atoms with Gasteiger partial charge in [-0.3, -0.25) is 9.97 Å². The van der Waals surface area contributed by atoms with E-state index in [9.17, 15) is 9.90 Å². The minimum Gasteiger partial charge on any atom is -0.478 e. The second-order valence-electron chi connectivity index (χ2n) is 7.77. The minimum absolute atomic E-state index is 0.137. The Balaban J connectivity index is 1.58. The van der Waals surface area contributed by atoms with Gasteiger partial charge in [0.2, 0.25) is 0 Å². The fourth-order valence-electron chi connectivity index (χ4n) is 4.22. The molecule has 3 aromatic heterocycles. The highest BCUT2D eigenvalue weighted by atomic mass is 32.1. The van der Waals surface area contributed by atoms with Crippen molar-refractivity contribution >= 4 is 23.3 Å². The first-order chi connectivity index (χ1) is 16.1. The lowest BCUT2D eigenvalue weighted by Crippen LogP contribution is -2.30. The molecule has 8 heteroatoms. The molecule has 1 saturated heterocycles. The largest absolute Gasteiger partial charge is 0.478 e. The third-order valence-electron chi connectivity index (χ3n) is 5.75. The fourth-order valence-corrected chi connectivity index (χ4v) is 4.53. The lowest BCUT2D eigenvalue weighted by atomic mass is 10.0. The summed E-state index contributed by atoms with van der Waals surface area (Å²) >= 11 is 5.77. The van der Waals surface area contributed by atoms with Gasteiger partial charge in [0.1, 0.15) is 0 Å². The molecule has 2 N–H and O–H groups in total. The number of rotatable bonds is 6. The van der Waals surface area contributed by atoms with Crippen LogP contribution in [0.3, 0.4) is 0 Å². The number of carboxylic acids is 1. The topological polar surface area (TPSA) is 83.3 Å². The summed E-state index contributed by atoms with van der Waals surface area (Å²) in [5.74, 6) is -0.947. The van der Waals surface area contributed by atoms with Gasteiger partial charge in [0, 0.05) is 42.7 Å². The Hall–Kier alpha value is -4.04. The van der Waals surface area contributed by atoms with Gasteiger partial charge >= 0.3 is 5.97 Å². The molecule has 2 unspecified atom stereocenters. The van der Waals surface area contributed by atoms with Gasteiger partial charge in [0.25, 0.3) is 0 Å². The Morgan fingerprint density at radius 2 is 1.88 bits per heavy atom. The van der Waals surface area contributed by atoms with Gasteiger partial charge in [-0.25, -0.2) is 4.79 Å². The monoisotopic (exact) mass is 455 g/mol. The predicted molar refractivity (Wildman–Crippen MR) is 128 cm³/mol. The van der Waals surface area contributed by atoms with E-state index in [0.29, 0.717) is 11.7 Å². The summed E-state index contributed by atoms with van der Waals surface area (Å²) in [6.45, 7) is 0.594. The number of hydrogen-bond acceptors (Lipinski definition) is 4. The smallest absolute Gasteiger partial charge is 0.335 e. The lowest BCUT2D eigenvalue weighted by molar-refractivity contribution is 0.0697. The lowest BCUT2D eigenvalue weighted by Gasteiger charge is -2.29. The summed E-state index contributed by atoms with van der Waals surface area (Å²) in [5.41, 5.74) is 4.09. The van der Waals surface area contributed by atoms with Crippen LogP contribution in [-0.2, 0) is 6.54 Å².